The quantitative estimate of drug-likeness (QED) is 0.805. The van der Waals surface area contributed by atoms with E-state index >= 15 is 0 Å². The topological polar surface area (TPSA) is 30.5 Å². The van der Waals surface area contributed by atoms with Crippen molar-refractivity contribution in [1.82, 2.24) is 5.32 Å². The summed E-state index contributed by atoms with van der Waals surface area (Å²) >= 11 is 0. The molecule has 0 saturated heterocycles. The molecule has 0 fully saturated rings. The number of methoxy groups -OCH3 is 1. The van der Waals surface area contributed by atoms with Crippen LogP contribution in [0.1, 0.15) is 13.8 Å². The molecule has 0 spiro atoms. The van der Waals surface area contributed by atoms with Crippen molar-refractivity contribution in [2.75, 3.05) is 20.7 Å². The fraction of sp³-hybridized carbons (Fsp3) is 0.500. The molecule has 0 unspecified atom stereocenters. The van der Waals surface area contributed by atoms with Gasteiger partial charge in [0.1, 0.15) is 5.60 Å². The van der Waals surface area contributed by atoms with E-state index in [-0.39, 0.29) is 5.60 Å². The number of para-hydroxylation sites is 2. The fourth-order valence-electron chi connectivity index (χ4n) is 1.46. The van der Waals surface area contributed by atoms with Crippen molar-refractivity contribution >= 4 is 0 Å². The lowest BCUT2D eigenvalue weighted by Gasteiger charge is -2.27. The van der Waals surface area contributed by atoms with Gasteiger partial charge in [-0.05, 0) is 33.0 Å². The summed E-state index contributed by atoms with van der Waals surface area (Å²) in [5, 5.41) is 3.10. The molecule has 0 aromatic heterocycles. The van der Waals surface area contributed by atoms with Crippen molar-refractivity contribution in [2.24, 2.45) is 0 Å². The van der Waals surface area contributed by atoms with Crippen LogP contribution in [0.5, 0.6) is 11.5 Å². The summed E-state index contributed by atoms with van der Waals surface area (Å²) in [6.07, 6.45) is 0. The summed E-state index contributed by atoms with van der Waals surface area (Å²) in [5.74, 6) is 1.54. The minimum absolute atomic E-state index is 0.247. The molecule has 0 amide bonds. The third kappa shape index (κ3) is 3.44. The van der Waals surface area contributed by atoms with Gasteiger partial charge in [-0.15, -0.1) is 0 Å². The lowest BCUT2D eigenvalue weighted by molar-refractivity contribution is 0.106. The van der Waals surface area contributed by atoms with Gasteiger partial charge in [-0.3, -0.25) is 0 Å². The molecule has 0 atom stereocenters. The van der Waals surface area contributed by atoms with Crippen LogP contribution in [0, 0.1) is 0 Å². The number of benzene rings is 1. The van der Waals surface area contributed by atoms with Crippen molar-refractivity contribution in [1.29, 1.82) is 0 Å². The highest BCUT2D eigenvalue weighted by atomic mass is 16.5. The van der Waals surface area contributed by atoms with E-state index in [2.05, 4.69) is 5.32 Å². The Labute approximate surface area is 91.4 Å². The molecular formula is C12H19NO2. The monoisotopic (exact) mass is 209 g/mol. The van der Waals surface area contributed by atoms with Crippen molar-refractivity contribution in [3.05, 3.63) is 24.3 Å². The third-order valence-electron chi connectivity index (χ3n) is 2.06. The van der Waals surface area contributed by atoms with E-state index < -0.39 is 0 Å². The van der Waals surface area contributed by atoms with Gasteiger partial charge in [-0.2, -0.15) is 0 Å². The van der Waals surface area contributed by atoms with Crippen molar-refractivity contribution in [3.8, 4) is 11.5 Å². The molecule has 84 valence electrons. The summed E-state index contributed by atoms with van der Waals surface area (Å²) < 4.78 is 11.1. The molecule has 0 saturated carbocycles. The Hall–Kier alpha value is -1.22. The average molecular weight is 209 g/mol. The smallest absolute Gasteiger partial charge is 0.162 e. The lowest BCUT2D eigenvalue weighted by Crippen LogP contribution is -2.38. The molecule has 15 heavy (non-hydrogen) atoms. The Kier molecular flexibility index (Phi) is 3.97. The van der Waals surface area contributed by atoms with Gasteiger partial charge in [0.25, 0.3) is 0 Å². The van der Waals surface area contributed by atoms with Gasteiger partial charge in [-0.25, -0.2) is 0 Å². The summed E-state index contributed by atoms with van der Waals surface area (Å²) in [6.45, 7) is 4.86. The molecule has 0 aliphatic rings. The van der Waals surface area contributed by atoms with Gasteiger partial charge in [0, 0.05) is 6.54 Å². The minimum Gasteiger partial charge on any atom is -0.493 e. The second-order valence-corrected chi connectivity index (χ2v) is 4.04. The van der Waals surface area contributed by atoms with E-state index in [9.17, 15) is 0 Å². The zero-order valence-corrected chi connectivity index (χ0v) is 9.83. The van der Waals surface area contributed by atoms with Crippen LogP contribution >= 0.6 is 0 Å². The number of rotatable bonds is 5. The van der Waals surface area contributed by atoms with Gasteiger partial charge < -0.3 is 14.8 Å². The highest BCUT2D eigenvalue weighted by molar-refractivity contribution is 5.39. The van der Waals surface area contributed by atoms with Crippen LogP contribution in [0.15, 0.2) is 24.3 Å². The van der Waals surface area contributed by atoms with Gasteiger partial charge in [0.15, 0.2) is 11.5 Å². The molecule has 0 aliphatic carbocycles. The molecule has 0 aliphatic heterocycles. The van der Waals surface area contributed by atoms with Crippen molar-refractivity contribution in [3.63, 3.8) is 0 Å². The van der Waals surface area contributed by atoms with Gasteiger partial charge in [0.2, 0.25) is 0 Å². The predicted octanol–water partition coefficient (Wildman–Crippen LogP) is 2.07. The zero-order valence-electron chi connectivity index (χ0n) is 9.83. The maximum absolute atomic E-state index is 5.88. The van der Waals surface area contributed by atoms with Crippen LogP contribution < -0.4 is 14.8 Å². The molecule has 0 bridgehead atoms. The standard InChI is InChI=1S/C12H19NO2/c1-12(2,9-13-3)15-11-8-6-5-7-10(11)14-4/h5-8,13H,9H2,1-4H3. The highest BCUT2D eigenvalue weighted by Crippen LogP contribution is 2.29. The Morgan fingerprint density at radius 1 is 1.20 bits per heavy atom. The molecule has 1 aromatic rings. The predicted molar refractivity (Wildman–Crippen MR) is 61.6 cm³/mol. The Morgan fingerprint density at radius 3 is 2.33 bits per heavy atom. The normalized spacial score (nSPS) is 11.2. The SMILES string of the molecule is CNCC(C)(C)Oc1ccccc1OC. The molecule has 1 N–H and O–H groups in total. The van der Waals surface area contributed by atoms with Crippen molar-refractivity contribution in [2.45, 2.75) is 19.4 Å². The van der Waals surface area contributed by atoms with E-state index in [0.717, 1.165) is 18.0 Å². The van der Waals surface area contributed by atoms with E-state index in [1.54, 1.807) is 7.11 Å². The number of nitrogens with one attached hydrogen (secondary N) is 1. The highest BCUT2D eigenvalue weighted by Gasteiger charge is 2.20. The second-order valence-electron chi connectivity index (χ2n) is 4.04. The lowest BCUT2D eigenvalue weighted by atomic mass is 10.1. The molecule has 3 nitrogen and oxygen atoms in total. The molecular weight excluding hydrogens is 190 g/mol. The average Bonchev–Trinajstić information content (AvgIpc) is 2.17. The number of hydrogen-bond donors (Lipinski definition) is 1. The van der Waals surface area contributed by atoms with Gasteiger partial charge >= 0.3 is 0 Å². The first-order chi connectivity index (χ1) is 7.09. The van der Waals surface area contributed by atoms with Crippen LogP contribution in [-0.2, 0) is 0 Å². The van der Waals surface area contributed by atoms with E-state index in [0.29, 0.717) is 0 Å². The minimum atomic E-state index is -0.247. The molecule has 0 heterocycles. The summed E-state index contributed by atoms with van der Waals surface area (Å²) in [5.41, 5.74) is -0.247. The van der Waals surface area contributed by atoms with E-state index in [4.69, 9.17) is 9.47 Å². The molecule has 0 radical (unpaired) electrons. The number of hydrogen-bond acceptors (Lipinski definition) is 3. The first-order valence-corrected chi connectivity index (χ1v) is 5.06. The zero-order chi connectivity index (χ0) is 11.3. The number of likely N-dealkylation sites (N-methyl/N-ethyl adjacent to an activating group) is 1. The molecule has 3 heteroatoms. The van der Waals surface area contributed by atoms with Gasteiger partial charge in [-0.1, -0.05) is 12.1 Å². The molecule has 1 aromatic carbocycles. The van der Waals surface area contributed by atoms with Crippen LogP contribution in [0.25, 0.3) is 0 Å². The van der Waals surface area contributed by atoms with Crippen LogP contribution in [0.3, 0.4) is 0 Å². The summed E-state index contributed by atoms with van der Waals surface area (Å²) in [4.78, 5) is 0. The maximum atomic E-state index is 5.88. The van der Waals surface area contributed by atoms with Crippen LogP contribution in [0.2, 0.25) is 0 Å². The Balaban J connectivity index is 2.79. The van der Waals surface area contributed by atoms with E-state index in [1.807, 2.05) is 45.2 Å². The second kappa shape index (κ2) is 5.03. The maximum Gasteiger partial charge on any atom is 0.162 e. The summed E-state index contributed by atoms with van der Waals surface area (Å²) in [7, 11) is 3.56. The first kappa shape index (κ1) is 11.9. The largest absolute Gasteiger partial charge is 0.493 e. The van der Waals surface area contributed by atoms with Gasteiger partial charge in [0.05, 0.1) is 7.11 Å². The fourth-order valence-corrected chi connectivity index (χ4v) is 1.46. The summed E-state index contributed by atoms with van der Waals surface area (Å²) in [6, 6.07) is 7.67. The van der Waals surface area contributed by atoms with Crippen LogP contribution in [-0.4, -0.2) is 26.3 Å². The third-order valence-corrected chi connectivity index (χ3v) is 2.06. The first-order valence-electron chi connectivity index (χ1n) is 5.06. The van der Waals surface area contributed by atoms with E-state index in [1.165, 1.54) is 0 Å². The van der Waals surface area contributed by atoms with Crippen molar-refractivity contribution < 1.29 is 9.47 Å². The Bertz CT molecular complexity index is 310. The molecule has 1 rings (SSSR count). The Morgan fingerprint density at radius 2 is 1.80 bits per heavy atom. The number of ether oxygens (including phenoxy) is 2. The van der Waals surface area contributed by atoms with Crippen LogP contribution in [0.4, 0.5) is 0 Å².